The summed E-state index contributed by atoms with van der Waals surface area (Å²) in [5, 5.41) is 4.72. The maximum Gasteiger partial charge on any atom is 0.127 e. The Balaban J connectivity index is 1.87. The fourth-order valence-corrected chi connectivity index (χ4v) is 2.98. The summed E-state index contributed by atoms with van der Waals surface area (Å²) in [5.74, 6) is 0.974. The van der Waals surface area contributed by atoms with Crippen molar-refractivity contribution < 1.29 is 0 Å². The van der Waals surface area contributed by atoms with E-state index in [1.165, 1.54) is 32.1 Å². The molecule has 1 fully saturated rings. The first-order valence-corrected chi connectivity index (χ1v) is 7.09. The first-order chi connectivity index (χ1) is 9.15. The zero-order valence-electron chi connectivity index (χ0n) is 11.4. The van der Waals surface area contributed by atoms with Crippen LogP contribution >= 0.6 is 0 Å². The molecule has 0 unspecified atom stereocenters. The predicted octanol–water partition coefficient (Wildman–Crippen LogP) is 3.95. The first kappa shape index (κ1) is 12.3. The van der Waals surface area contributed by atoms with Gasteiger partial charge >= 0.3 is 0 Å². The Morgan fingerprint density at radius 2 is 1.89 bits per heavy atom. The number of pyridine rings is 1. The largest absolute Gasteiger partial charge is 0.399 e. The van der Waals surface area contributed by atoms with Crippen LogP contribution in [-0.2, 0) is 0 Å². The second kappa shape index (κ2) is 4.72. The number of anilines is 2. The maximum atomic E-state index is 5.79. The predicted molar refractivity (Wildman–Crippen MR) is 81.3 cm³/mol. The van der Waals surface area contributed by atoms with E-state index in [9.17, 15) is 0 Å². The third kappa shape index (κ3) is 2.65. The standard InChI is InChI=1S/C16H21N3/c1-16(9-3-2-4-10-16)19-15-8-5-12-11-13(17)6-7-14(12)18-15/h5-8,11H,2-4,9-10,17H2,1H3,(H,18,19). The number of nitrogens with two attached hydrogens (primary N) is 1. The van der Waals surface area contributed by atoms with Gasteiger partial charge in [-0.1, -0.05) is 19.3 Å². The van der Waals surface area contributed by atoms with Gasteiger partial charge in [0.2, 0.25) is 0 Å². The van der Waals surface area contributed by atoms with E-state index in [-0.39, 0.29) is 5.54 Å². The summed E-state index contributed by atoms with van der Waals surface area (Å²) in [7, 11) is 0. The molecule has 3 nitrogen and oxygen atoms in total. The zero-order valence-corrected chi connectivity index (χ0v) is 11.4. The van der Waals surface area contributed by atoms with Crippen molar-refractivity contribution in [3.05, 3.63) is 30.3 Å². The Kier molecular flexibility index (Phi) is 3.05. The minimum Gasteiger partial charge on any atom is -0.399 e. The molecular weight excluding hydrogens is 234 g/mol. The Morgan fingerprint density at radius 1 is 1.11 bits per heavy atom. The second-order valence-electron chi connectivity index (χ2n) is 5.89. The lowest BCUT2D eigenvalue weighted by molar-refractivity contribution is 0.348. The van der Waals surface area contributed by atoms with E-state index in [1.807, 2.05) is 18.2 Å². The molecule has 1 aliphatic carbocycles. The minimum absolute atomic E-state index is 0.201. The van der Waals surface area contributed by atoms with E-state index < -0.39 is 0 Å². The lowest BCUT2D eigenvalue weighted by Crippen LogP contribution is -2.37. The third-order valence-electron chi connectivity index (χ3n) is 4.10. The number of nitrogens with zero attached hydrogens (tertiary/aromatic N) is 1. The van der Waals surface area contributed by atoms with E-state index in [0.29, 0.717) is 0 Å². The third-order valence-corrected chi connectivity index (χ3v) is 4.10. The molecule has 3 N–H and O–H groups in total. The molecule has 0 saturated heterocycles. The van der Waals surface area contributed by atoms with Crippen LogP contribution in [0.3, 0.4) is 0 Å². The highest BCUT2D eigenvalue weighted by Crippen LogP contribution is 2.31. The van der Waals surface area contributed by atoms with Crippen molar-refractivity contribution in [1.29, 1.82) is 0 Å². The Morgan fingerprint density at radius 3 is 2.68 bits per heavy atom. The van der Waals surface area contributed by atoms with E-state index in [4.69, 9.17) is 5.73 Å². The van der Waals surface area contributed by atoms with Gasteiger partial charge in [-0.15, -0.1) is 0 Å². The average Bonchev–Trinajstić information content (AvgIpc) is 2.39. The number of aromatic nitrogens is 1. The molecule has 0 amide bonds. The van der Waals surface area contributed by atoms with E-state index >= 15 is 0 Å². The van der Waals surface area contributed by atoms with Gasteiger partial charge in [-0.25, -0.2) is 4.98 Å². The quantitative estimate of drug-likeness (QED) is 0.799. The number of rotatable bonds is 2. The number of benzene rings is 1. The van der Waals surface area contributed by atoms with Crippen molar-refractivity contribution >= 4 is 22.4 Å². The van der Waals surface area contributed by atoms with Crippen molar-refractivity contribution in [2.24, 2.45) is 0 Å². The molecule has 0 spiro atoms. The summed E-state index contributed by atoms with van der Waals surface area (Å²) in [4.78, 5) is 4.69. The van der Waals surface area contributed by atoms with Crippen LogP contribution in [0.15, 0.2) is 30.3 Å². The van der Waals surface area contributed by atoms with E-state index in [1.54, 1.807) is 0 Å². The smallest absolute Gasteiger partial charge is 0.127 e. The number of nitrogen functional groups attached to an aromatic ring is 1. The van der Waals surface area contributed by atoms with E-state index in [0.717, 1.165) is 22.4 Å². The van der Waals surface area contributed by atoms with Crippen LogP contribution < -0.4 is 11.1 Å². The van der Waals surface area contributed by atoms with Crippen LogP contribution in [0.5, 0.6) is 0 Å². The van der Waals surface area contributed by atoms with Gasteiger partial charge in [-0.05, 0) is 50.1 Å². The first-order valence-electron chi connectivity index (χ1n) is 7.09. The summed E-state index contributed by atoms with van der Waals surface area (Å²) in [6.45, 7) is 2.31. The van der Waals surface area contributed by atoms with Gasteiger partial charge in [0, 0.05) is 16.6 Å². The van der Waals surface area contributed by atoms with Crippen LogP contribution in [0.25, 0.3) is 10.9 Å². The summed E-state index contributed by atoms with van der Waals surface area (Å²) >= 11 is 0. The molecule has 3 heteroatoms. The van der Waals surface area contributed by atoms with E-state index in [2.05, 4.69) is 29.4 Å². The molecule has 0 bridgehead atoms. The highest BCUT2D eigenvalue weighted by molar-refractivity contribution is 5.83. The monoisotopic (exact) mass is 255 g/mol. The molecule has 1 heterocycles. The summed E-state index contributed by atoms with van der Waals surface area (Å²) in [6.07, 6.45) is 6.45. The van der Waals surface area contributed by atoms with Gasteiger partial charge in [-0.2, -0.15) is 0 Å². The molecule has 1 aliphatic rings. The van der Waals surface area contributed by atoms with Crippen LogP contribution in [0.1, 0.15) is 39.0 Å². The van der Waals surface area contributed by atoms with Crippen LogP contribution in [-0.4, -0.2) is 10.5 Å². The van der Waals surface area contributed by atoms with Crippen LogP contribution in [0.2, 0.25) is 0 Å². The fourth-order valence-electron chi connectivity index (χ4n) is 2.98. The highest BCUT2D eigenvalue weighted by Gasteiger charge is 2.26. The van der Waals surface area contributed by atoms with Crippen LogP contribution in [0.4, 0.5) is 11.5 Å². The van der Waals surface area contributed by atoms with Gasteiger partial charge in [-0.3, -0.25) is 0 Å². The van der Waals surface area contributed by atoms with Crippen molar-refractivity contribution in [3.8, 4) is 0 Å². The van der Waals surface area contributed by atoms with Crippen molar-refractivity contribution in [2.45, 2.75) is 44.6 Å². The molecule has 0 aliphatic heterocycles. The molecule has 1 aromatic carbocycles. The highest BCUT2D eigenvalue weighted by atomic mass is 15.0. The molecule has 100 valence electrons. The average molecular weight is 255 g/mol. The summed E-state index contributed by atoms with van der Waals surface area (Å²) < 4.78 is 0. The molecule has 2 aromatic rings. The van der Waals surface area contributed by atoms with Gasteiger partial charge < -0.3 is 11.1 Å². The van der Waals surface area contributed by atoms with Crippen molar-refractivity contribution in [3.63, 3.8) is 0 Å². The SMILES string of the molecule is CC1(Nc2ccc3cc(N)ccc3n2)CCCCC1. The van der Waals surface area contributed by atoms with Gasteiger partial charge in [0.05, 0.1) is 5.52 Å². The van der Waals surface area contributed by atoms with Gasteiger partial charge in [0.15, 0.2) is 0 Å². The Hall–Kier alpha value is -1.77. The minimum atomic E-state index is 0.201. The number of fused-ring (bicyclic) bond motifs is 1. The van der Waals surface area contributed by atoms with Gasteiger partial charge in [0.1, 0.15) is 5.82 Å². The Bertz CT molecular complexity index is 586. The molecule has 1 aromatic heterocycles. The summed E-state index contributed by atoms with van der Waals surface area (Å²) in [5.41, 5.74) is 7.78. The number of nitrogens with one attached hydrogen (secondary N) is 1. The topological polar surface area (TPSA) is 50.9 Å². The van der Waals surface area contributed by atoms with Crippen molar-refractivity contribution in [1.82, 2.24) is 4.98 Å². The molecular formula is C16H21N3. The lowest BCUT2D eigenvalue weighted by atomic mass is 9.83. The zero-order chi connectivity index (χ0) is 13.3. The Labute approximate surface area is 114 Å². The molecule has 0 atom stereocenters. The van der Waals surface area contributed by atoms with Gasteiger partial charge in [0.25, 0.3) is 0 Å². The number of hydrogen-bond acceptors (Lipinski definition) is 3. The lowest BCUT2D eigenvalue weighted by Gasteiger charge is -2.35. The number of hydrogen-bond donors (Lipinski definition) is 2. The van der Waals surface area contributed by atoms with Crippen LogP contribution in [0, 0.1) is 0 Å². The molecule has 3 rings (SSSR count). The molecule has 1 saturated carbocycles. The molecule has 0 radical (unpaired) electrons. The second-order valence-corrected chi connectivity index (χ2v) is 5.89. The van der Waals surface area contributed by atoms with Crippen molar-refractivity contribution in [2.75, 3.05) is 11.1 Å². The fraction of sp³-hybridized carbons (Fsp3) is 0.438. The summed E-state index contributed by atoms with van der Waals surface area (Å²) in [6, 6.07) is 10.0. The maximum absolute atomic E-state index is 5.79. The molecule has 19 heavy (non-hydrogen) atoms. The normalized spacial score (nSPS) is 18.4.